The van der Waals surface area contributed by atoms with Gasteiger partial charge in [0.05, 0.1) is 13.2 Å². The summed E-state index contributed by atoms with van der Waals surface area (Å²) < 4.78 is 5.54. The number of anilines is 4. The first-order chi connectivity index (χ1) is 22.8. The minimum Gasteiger partial charge on any atom is -0.378 e. The van der Waals surface area contributed by atoms with Crippen molar-refractivity contribution in [1.82, 2.24) is 29.7 Å². The number of piperazine rings is 1. The molecule has 3 fully saturated rings. The number of aromatic nitrogens is 3. The number of ether oxygens (including phenoxy) is 1. The van der Waals surface area contributed by atoms with Gasteiger partial charge in [-0.25, -0.2) is 4.79 Å². The van der Waals surface area contributed by atoms with Crippen molar-refractivity contribution in [2.45, 2.75) is 13.3 Å². The van der Waals surface area contributed by atoms with Crippen LogP contribution < -0.4 is 20.4 Å². The monoisotopic (exact) mass is 642 g/mol. The van der Waals surface area contributed by atoms with E-state index in [0.29, 0.717) is 93.7 Å². The van der Waals surface area contributed by atoms with Crippen LogP contribution in [-0.2, 0) is 9.53 Å². The van der Waals surface area contributed by atoms with Gasteiger partial charge < -0.3 is 39.9 Å². The Hall–Kier alpha value is -4.82. The molecular weight excluding hydrogens is 600 g/mol. The lowest BCUT2D eigenvalue weighted by Crippen LogP contribution is -2.47. The van der Waals surface area contributed by atoms with Crippen LogP contribution in [-0.4, -0.2) is 133 Å². The number of rotatable bonds is 6. The lowest BCUT2D eigenvalue weighted by Gasteiger charge is -2.32. The van der Waals surface area contributed by atoms with Gasteiger partial charge in [0.15, 0.2) is 5.82 Å². The van der Waals surface area contributed by atoms with E-state index in [2.05, 4.69) is 32.4 Å². The largest absolute Gasteiger partial charge is 0.378 e. The molecule has 6 rings (SSSR count). The van der Waals surface area contributed by atoms with E-state index in [1.807, 2.05) is 21.9 Å². The van der Waals surface area contributed by atoms with E-state index in [4.69, 9.17) is 19.7 Å². The minimum absolute atomic E-state index is 0.00242. The lowest BCUT2D eigenvalue weighted by atomic mass is 10.1. The van der Waals surface area contributed by atoms with Gasteiger partial charge in [0.2, 0.25) is 17.8 Å². The van der Waals surface area contributed by atoms with Gasteiger partial charge in [-0.05, 0) is 62.0 Å². The van der Waals surface area contributed by atoms with Gasteiger partial charge in [0.25, 0.3) is 5.91 Å². The Balaban J connectivity index is 1.11. The van der Waals surface area contributed by atoms with Crippen molar-refractivity contribution < 1.29 is 19.1 Å². The van der Waals surface area contributed by atoms with Gasteiger partial charge >= 0.3 is 6.03 Å². The van der Waals surface area contributed by atoms with Crippen LogP contribution in [0.15, 0.2) is 48.5 Å². The molecule has 1 aromatic heterocycles. The molecule has 14 nitrogen and oxygen atoms in total. The van der Waals surface area contributed by atoms with Crippen molar-refractivity contribution in [2.24, 2.45) is 0 Å². The molecule has 0 radical (unpaired) electrons. The molecule has 0 aliphatic carbocycles. The summed E-state index contributed by atoms with van der Waals surface area (Å²) in [5, 5.41) is 5.69. The molecule has 4 amide bonds. The van der Waals surface area contributed by atoms with Crippen molar-refractivity contribution in [2.75, 3.05) is 106 Å². The van der Waals surface area contributed by atoms with Gasteiger partial charge in [0.1, 0.15) is 0 Å². The molecule has 248 valence electrons. The molecule has 0 bridgehead atoms. The summed E-state index contributed by atoms with van der Waals surface area (Å²) in [5.41, 5.74) is 2.58. The quantitative estimate of drug-likeness (QED) is 0.412. The van der Waals surface area contributed by atoms with E-state index in [0.717, 1.165) is 31.6 Å². The van der Waals surface area contributed by atoms with Crippen molar-refractivity contribution >= 4 is 41.1 Å². The molecule has 0 atom stereocenters. The highest BCUT2D eigenvalue weighted by Gasteiger charge is 2.23. The van der Waals surface area contributed by atoms with E-state index in [1.54, 1.807) is 43.3 Å². The Kier molecular flexibility index (Phi) is 10.1. The van der Waals surface area contributed by atoms with Gasteiger partial charge in [-0.2, -0.15) is 15.0 Å². The molecule has 2 N–H and O–H groups in total. The smallest absolute Gasteiger partial charge is 0.323 e. The molecule has 3 saturated heterocycles. The first-order valence-electron chi connectivity index (χ1n) is 16.2. The normalized spacial score (nSPS) is 17.7. The molecule has 0 saturated carbocycles. The van der Waals surface area contributed by atoms with E-state index >= 15 is 0 Å². The van der Waals surface area contributed by atoms with E-state index in [9.17, 15) is 14.4 Å². The number of nitrogens with one attached hydrogen (secondary N) is 2. The second-order valence-corrected chi connectivity index (χ2v) is 12.0. The van der Waals surface area contributed by atoms with Crippen molar-refractivity contribution in [3.8, 4) is 11.4 Å². The minimum atomic E-state index is -0.395. The Morgan fingerprint density at radius 3 is 1.85 bits per heavy atom. The molecule has 3 aliphatic heterocycles. The highest BCUT2D eigenvalue weighted by atomic mass is 16.5. The fraction of sp³-hybridized carbons (Fsp3) is 0.455. The van der Waals surface area contributed by atoms with Gasteiger partial charge in [0, 0.05) is 94.9 Å². The number of benzene rings is 2. The SMILES string of the molecule is CC(=O)N1CCCN(c2nc(-c3ccc(NC(=O)Nc4ccc(C(=O)N5CCN(C)CC5)cc4)cc3)nc(N3CCOCC3)n2)CC1. The number of nitrogens with zero attached hydrogens (tertiary/aromatic N) is 8. The van der Waals surface area contributed by atoms with Crippen LogP contribution in [0.1, 0.15) is 23.7 Å². The summed E-state index contributed by atoms with van der Waals surface area (Å²) in [7, 11) is 2.05. The molecular formula is C33H42N10O4. The van der Waals surface area contributed by atoms with Crippen LogP contribution in [0.5, 0.6) is 0 Å². The predicted molar refractivity (Wildman–Crippen MR) is 180 cm³/mol. The maximum atomic E-state index is 12.8. The van der Waals surface area contributed by atoms with E-state index < -0.39 is 6.03 Å². The van der Waals surface area contributed by atoms with Crippen LogP contribution in [0.25, 0.3) is 11.4 Å². The summed E-state index contributed by atoms with van der Waals surface area (Å²) in [6.45, 7) is 10.0. The van der Waals surface area contributed by atoms with Crippen molar-refractivity contribution in [1.29, 1.82) is 0 Å². The van der Waals surface area contributed by atoms with Crippen LogP contribution in [0.3, 0.4) is 0 Å². The number of urea groups is 1. The Morgan fingerprint density at radius 1 is 0.660 bits per heavy atom. The second-order valence-electron chi connectivity index (χ2n) is 12.0. The Labute approximate surface area is 274 Å². The number of carbonyl (C=O) groups is 3. The zero-order chi connectivity index (χ0) is 32.8. The fourth-order valence-electron chi connectivity index (χ4n) is 5.85. The first kappa shape index (κ1) is 32.1. The number of hydrogen-bond donors (Lipinski definition) is 2. The first-order valence-corrected chi connectivity index (χ1v) is 16.2. The number of carbonyl (C=O) groups excluding carboxylic acids is 3. The maximum absolute atomic E-state index is 12.8. The fourth-order valence-corrected chi connectivity index (χ4v) is 5.85. The average molecular weight is 643 g/mol. The summed E-state index contributed by atoms with van der Waals surface area (Å²) in [6.07, 6.45) is 0.828. The summed E-state index contributed by atoms with van der Waals surface area (Å²) in [6, 6.07) is 13.9. The summed E-state index contributed by atoms with van der Waals surface area (Å²) in [5.74, 6) is 1.79. The molecule has 3 aliphatic rings. The Morgan fingerprint density at radius 2 is 1.23 bits per heavy atom. The second kappa shape index (κ2) is 14.7. The zero-order valence-electron chi connectivity index (χ0n) is 27.0. The Bertz CT molecular complexity index is 1550. The number of likely N-dealkylation sites (N-methyl/N-ethyl adjacent to an activating group) is 1. The van der Waals surface area contributed by atoms with E-state index in [-0.39, 0.29) is 11.8 Å². The third-order valence-corrected chi connectivity index (χ3v) is 8.71. The van der Waals surface area contributed by atoms with Gasteiger partial charge in [-0.3, -0.25) is 9.59 Å². The van der Waals surface area contributed by atoms with Crippen LogP contribution in [0.4, 0.5) is 28.1 Å². The van der Waals surface area contributed by atoms with Crippen LogP contribution in [0.2, 0.25) is 0 Å². The average Bonchev–Trinajstić information content (AvgIpc) is 3.36. The molecule has 14 heteroatoms. The topological polar surface area (TPSA) is 139 Å². The molecule has 0 spiro atoms. The van der Waals surface area contributed by atoms with Crippen LogP contribution >= 0.6 is 0 Å². The van der Waals surface area contributed by atoms with E-state index in [1.165, 1.54) is 0 Å². The standard InChI is InChI=1S/C33H42N10O4/c1-24(44)40-12-3-13-42(19-18-40)31-36-29(37-32(38-31)43-20-22-47-23-21-43)25-4-8-27(9-5-25)34-33(46)35-28-10-6-26(7-11-28)30(45)41-16-14-39(2)15-17-41/h4-11H,3,12-23H2,1-2H3,(H2,34,35,46). The highest BCUT2D eigenvalue weighted by molar-refractivity contribution is 6.00. The lowest BCUT2D eigenvalue weighted by molar-refractivity contribution is -0.128. The third-order valence-electron chi connectivity index (χ3n) is 8.71. The molecule has 47 heavy (non-hydrogen) atoms. The zero-order valence-corrected chi connectivity index (χ0v) is 27.0. The number of hydrogen-bond acceptors (Lipinski definition) is 10. The molecule has 3 aromatic rings. The molecule has 4 heterocycles. The third kappa shape index (κ3) is 8.13. The number of amides is 4. The van der Waals surface area contributed by atoms with Crippen molar-refractivity contribution in [3.05, 3.63) is 54.1 Å². The van der Waals surface area contributed by atoms with Crippen molar-refractivity contribution in [3.63, 3.8) is 0 Å². The summed E-state index contributed by atoms with van der Waals surface area (Å²) >= 11 is 0. The predicted octanol–water partition coefficient (Wildman–Crippen LogP) is 2.47. The van der Waals surface area contributed by atoms with Crippen LogP contribution in [0, 0.1) is 0 Å². The maximum Gasteiger partial charge on any atom is 0.323 e. The number of morpholine rings is 1. The van der Waals surface area contributed by atoms with Gasteiger partial charge in [-0.1, -0.05) is 0 Å². The van der Waals surface area contributed by atoms with Gasteiger partial charge in [-0.15, -0.1) is 0 Å². The summed E-state index contributed by atoms with van der Waals surface area (Å²) in [4.78, 5) is 62.2. The highest BCUT2D eigenvalue weighted by Crippen LogP contribution is 2.25. The molecule has 0 unspecified atom stereocenters. The molecule has 2 aromatic carbocycles.